The molecule has 5 aromatic rings. The summed E-state index contributed by atoms with van der Waals surface area (Å²) in [7, 11) is 0. The number of nitrogens with one attached hydrogen (secondary N) is 4. The molecule has 2 aliphatic heterocycles. The molecule has 20 nitrogen and oxygen atoms in total. The number of fused-ring (bicyclic) bond motifs is 2. The van der Waals surface area contributed by atoms with Crippen molar-refractivity contribution in [2.75, 3.05) is 71.2 Å². The van der Waals surface area contributed by atoms with Gasteiger partial charge in [-0.1, -0.05) is 70.2 Å². The van der Waals surface area contributed by atoms with Gasteiger partial charge in [-0.2, -0.15) is 10.2 Å². The van der Waals surface area contributed by atoms with Crippen LogP contribution in [-0.2, 0) is 52.8 Å². The molecule has 0 radical (unpaired) electrons. The summed E-state index contributed by atoms with van der Waals surface area (Å²) >= 11 is 1.49. The molecule has 3 aromatic heterocycles. The normalized spacial score (nSPS) is 22.1. The number of anilines is 1. The fourth-order valence-electron chi connectivity index (χ4n) is 11.4. The average molecular weight is 1160 g/mol. The van der Waals surface area contributed by atoms with Gasteiger partial charge in [0.15, 0.2) is 11.4 Å². The van der Waals surface area contributed by atoms with Crippen molar-refractivity contribution in [2.45, 2.75) is 116 Å². The number of carbonyl (C=O) groups is 5. The van der Waals surface area contributed by atoms with Gasteiger partial charge in [0, 0.05) is 79.3 Å². The monoisotopic (exact) mass is 1160 g/mol. The second kappa shape index (κ2) is 23.9. The number of halogens is 3. The number of rotatable bonds is 25. The Bertz CT molecular complexity index is 3140. The van der Waals surface area contributed by atoms with Crippen molar-refractivity contribution < 1.29 is 61.2 Å². The first-order valence-electron chi connectivity index (χ1n) is 27.9. The zero-order valence-electron chi connectivity index (χ0n) is 46.7. The second-order valence-electron chi connectivity index (χ2n) is 23.5. The summed E-state index contributed by atoms with van der Waals surface area (Å²) in [5, 5.41) is 30.6. The first-order chi connectivity index (χ1) is 39.1. The molecular weight excluding hydrogens is 1090 g/mol. The minimum atomic E-state index is -2.77. The van der Waals surface area contributed by atoms with Crippen molar-refractivity contribution in [3.8, 4) is 16.2 Å². The van der Waals surface area contributed by atoms with Crippen molar-refractivity contribution in [2.24, 2.45) is 22.7 Å². The summed E-state index contributed by atoms with van der Waals surface area (Å²) in [6.45, 7) is 11.5. The first kappa shape index (κ1) is 58.5. The predicted octanol–water partition coefficient (Wildman–Crippen LogP) is 5.84. The van der Waals surface area contributed by atoms with Crippen molar-refractivity contribution in [3.63, 3.8) is 0 Å². The molecule has 2 aromatic carbocycles. The van der Waals surface area contributed by atoms with Crippen LogP contribution in [0.4, 0.5) is 18.9 Å². The van der Waals surface area contributed by atoms with E-state index in [1.807, 2.05) is 55.5 Å². The lowest BCUT2D eigenvalue weighted by Crippen LogP contribution is -2.59. The number of aliphatic hydroxyl groups excluding tert-OH is 1. The highest BCUT2D eigenvalue weighted by atomic mass is 32.1. The standard InChI is InChI=1S/C58H71F3N10O10S/c1-34-49(82-33-63-34)36-11-12-37(27-62-51(74)43-24-40(72)32-70(43)53(76)50(55(2,3)4)66-54(77)57(59)14-15-57)44(23-36)81-22-21-80-20-19-79-18-17-78-16-13-46(73)69-29-38(30-69)48(35-9-7-6-8-10-35)71-31-39(28-64-71)65-52(75)47-41-25-45-56(5,58(45,60)61)26-42(41)67-68-47/h6-12,23,28,31,33,38,40,43,45,48,50,72H,13-22,24-27,29-30,32H2,1-5H3,(H,62,74)(H,65,75)(H,66,77)(H,67,68)/t40-,43+,45+,48-,50-,56-/m1/s1. The van der Waals surface area contributed by atoms with E-state index >= 15 is 0 Å². The molecule has 24 heteroatoms. The molecule has 5 heterocycles. The molecule has 82 heavy (non-hydrogen) atoms. The smallest absolute Gasteiger partial charge is 0.276 e. The molecule has 2 saturated heterocycles. The van der Waals surface area contributed by atoms with E-state index in [-0.39, 0.29) is 108 Å². The second-order valence-corrected chi connectivity index (χ2v) is 24.3. The Hall–Kier alpha value is -6.73. The fraction of sp³-hybridized carbons (Fsp3) is 0.552. The van der Waals surface area contributed by atoms with Gasteiger partial charge < -0.3 is 49.8 Å². The van der Waals surface area contributed by atoms with Gasteiger partial charge in [0.05, 0.1) is 86.2 Å². The number of carbonyl (C=O) groups excluding carboxylic acids is 5. The van der Waals surface area contributed by atoms with E-state index in [1.54, 1.807) is 55.2 Å². The zero-order valence-corrected chi connectivity index (χ0v) is 47.5. The number of aliphatic hydroxyl groups is 1. The lowest BCUT2D eigenvalue weighted by atomic mass is 9.85. The number of aromatic amines is 1. The lowest BCUT2D eigenvalue weighted by molar-refractivity contribution is -0.145. The highest BCUT2D eigenvalue weighted by Gasteiger charge is 2.78. The Morgan fingerprint density at radius 2 is 1.65 bits per heavy atom. The van der Waals surface area contributed by atoms with Gasteiger partial charge in [-0.25, -0.2) is 18.2 Å². The van der Waals surface area contributed by atoms with Gasteiger partial charge in [-0.3, -0.25) is 33.8 Å². The highest BCUT2D eigenvalue weighted by molar-refractivity contribution is 7.13. The number of nitrogens with zero attached hydrogens (tertiary/aromatic N) is 6. The van der Waals surface area contributed by atoms with Crippen molar-refractivity contribution >= 4 is 46.6 Å². The van der Waals surface area contributed by atoms with Crippen molar-refractivity contribution in [3.05, 3.63) is 100 Å². The maximum Gasteiger partial charge on any atom is 0.276 e. The quantitative estimate of drug-likeness (QED) is 0.0432. The first-order valence-corrected chi connectivity index (χ1v) is 28.8. The number of H-pyrrole nitrogens is 1. The van der Waals surface area contributed by atoms with Crippen LogP contribution in [0.1, 0.15) is 98.0 Å². The predicted molar refractivity (Wildman–Crippen MR) is 295 cm³/mol. The third-order valence-electron chi connectivity index (χ3n) is 16.6. The van der Waals surface area contributed by atoms with E-state index in [0.717, 1.165) is 21.7 Å². The Morgan fingerprint density at radius 3 is 2.33 bits per heavy atom. The third kappa shape index (κ3) is 12.5. The third-order valence-corrected chi connectivity index (χ3v) is 17.5. The summed E-state index contributed by atoms with van der Waals surface area (Å²) in [6, 6.07) is 13.1. The number of β-amino-alcohol motifs (C(OH)–C–C–N with tert-alkyl or cyclic N) is 1. The molecule has 0 unspecified atom stereocenters. The summed E-state index contributed by atoms with van der Waals surface area (Å²) in [4.78, 5) is 75.4. The van der Waals surface area contributed by atoms with Crippen LogP contribution >= 0.6 is 11.3 Å². The maximum atomic E-state index is 14.7. The van der Waals surface area contributed by atoms with Crippen LogP contribution in [0.3, 0.4) is 0 Å². The van der Waals surface area contributed by atoms with Crippen LogP contribution in [0.25, 0.3) is 10.4 Å². The fourth-order valence-corrected chi connectivity index (χ4v) is 12.2. The zero-order chi connectivity index (χ0) is 58.1. The Kier molecular flexibility index (Phi) is 17.0. The molecule has 3 aliphatic carbocycles. The molecule has 5 N–H and O–H groups in total. The summed E-state index contributed by atoms with van der Waals surface area (Å²) in [5.74, 6) is -5.48. The number of likely N-dealkylation sites (tertiary alicyclic amines) is 2. The summed E-state index contributed by atoms with van der Waals surface area (Å²) in [5.41, 5.74) is 2.91. The van der Waals surface area contributed by atoms with Crippen LogP contribution in [0, 0.1) is 29.6 Å². The summed E-state index contributed by atoms with van der Waals surface area (Å²) < 4.78 is 68.9. The summed E-state index contributed by atoms with van der Waals surface area (Å²) in [6.07, 6.45) is 2.92. The van der Waals surface area contributed by atoms with Gasteiger partial charge in [0.1, 0.15) is 24.4 Å². The van der Waals surface area contributed by atoms with Crippen LogP contribution in [0.5, 0.6) is 5.75 Å². The number of benzene rings is 2. The van der Waals surface area contributed by atoms with Gasteiger partial charge in [-0.05, 0) is 48.8 Å². The number of thiazole rings is 1. The molecule has 10 rings (SSSR count). The molecule has 440 valence electrons. The molecule has 5 amide bonds. The molecule has 2 saturated carbocycles. The van der Waals surface area contributed by atoms with Crippen LogP contribution in [-0.4, -0.2) is 165 Å². The van der Waals surface area contributed by atoms with E-state index < -0.39 is 70.2 Å². The van der Waals surface area contributed by atoms with Crippen molar-refractivity contribution in [1.82, 2.24) is 45.4 Å². The number of amides is 5. The van der Waals surface area contributed by atoms with Gasteiger partial charge in [0.25, 0.3) is 17.7 Å². The van der Waals surface area contributed by atoms with E-state index in [4.69, 9.17) is 18.9 Å². The lowest BCUT2D eigenvalue weighted by Gasteiger charge is -2.43. The Labute approximate surface area is 477 Å². The van der Waals surface area contributed by atoms with E-state index in [0.29, 0.717) is 54.6 Å². The SMILES string of the molecule is Cc1ncsc1-c1ccc(CNC(=O)[C@@H]2C[C@@H](O)CN2C(=O)[C@@H](NC(=O)C2(F)CC2)C(C)(C)C)c(OCCOCCOCCOCCC(=O)N2CC([C@@H](c3ccccc3)n3cc(NC(=O)c4n[nH]c5c4C[C@@H]4C(F)(F)[C@]4(C)C5)cn3)C2)c1. The Balaban J connectivity index is 0.627. The molecule has 4 fully saturated rings. The van der Waals surface area contributed by atoms with E-state index in [1.165, 1.54) is 16.2 Å². The molecular formula is C58H71F3N10O10S. The molecule has 5 aliphatic rings. The number of hydrogen-bond acceptors (Lipinski definition) is 14. The average Bonchev–Trinajstić information content (AvgIpc) is 1.80. The van der Waals surface area contributed by atoms with Gasteiger partial charge in [-0.15, -0.1) is 11.3 Å². The van der Waals surface area contributed by atoms with Crippen LogP contribution in [0.2, 0.25) is 0 Å². The Morgan fingerprint density at radius 1 is 0.939 bits per heavy atom. The van der Waals surface area contributed by atoms with Crippen LogP contribution < -0.4 is 20.7 Å². The minimum Gasteiger partial charge on any atom is -0.491 e. The highest BCUT2D eigenvalue weighted by Crippen LogP contribution is 2.70. The molecule has 6 atom stereocenters. The topological polar surface area (TPSA) is 244 Å². The molecule has 0 bridgehead atoms. The number of aromatic nitrogens is 5. The molecule has 0 spiro atoms. The number of ether oxygens (including phenoxy) is 4. The number of alkyl halides is 3. The van der Waals surface area contributed by atoms with Crippen molar-refractivity contribution in [1.29, 1.82) is 0 Å². The largest absolute Gasteiger partial charge is 0.491 e. The van der Waals surface area contributed by atoms with E-state index in [9.17, 15) is 42.3 Å². The number of hydrogen-bond donors (Lipinski definition) is 5. The van der Waals surface area contributed by atoms with Gasteiger partial charge >= 0.3 is 0 Å². The van der Waals surface area contributed by atoms with E-state index in [2.05, 4.69) is 36.2 Å². The van der Waals surface area contributed by atoms with Crippen LogP contribution in [0.15, 0.2) is 66.4 Å². The maximum absolute atomic E-state index is 14.7. The minimum absolute atomic E-state index is 0.00477. The number of aryl methyl sites for hydroxylation is 1. The van der Waals surface area contributed by atoms with Gasteiger partial charge in [0.2, 0.25) is 17.7 Å².